The fourth-order valence-corrected chi connectivity index (χ4v) is 2.43. The molecule has 3 rings (SSSR count). The summed E-state index contributed by atoms with van der Waals surface area (Å²) in [5, 5.41) is 0. The molecule has 1 heterocycles. The first-order chi connectivity index (χ1) is 11.7. The van der Waals surface area contributed by atoms with Crippen LogP contribution in [0, 0.1) is 5.82 Å². The minimum absolute atomic E-state index is 0.153. The molecule has 0 unspecified atom stereocenters. The van der Waals surface area contributed by atoms with Gasteiger partial charge in [0.05, 0.1) is 13.2 Å². The minimum Gasteiger partial charge on any atom is -0.490 e. The third-order valence-corrected chi connectivity index (χ3v) is 3.74. The van der Waals surface area contributed by atoms with Gasteiger partial charge < -0.3 is 14.2 Å². The van der Waals surface area contributed by atoms with Gasteiger partial charge in [-0.2, -0.15) is 0 Å². The Labute approximate surface area is 140 Å². The molecular weight excluding hydrogens is 311 g/mol. The van der Waals surface area contributed by atoms with E-state index in [1.165, 1.54) is 12.1 Å². The fraction of sp³-hybridized carbons (Fsp3) is 0.316. The number of ether oxygens (including phenoxy) is 3. The standard InChI is InChI=1S/C19H19FO4/c20-16-6-2-15(3-7-16)13-24-19(21)9-5-14-4-8-17-18(12-14)23-11-1-10-22-17/h2-4,6-8,12H,1,5,9-11,13H2. The van der Waals surface area contributed by atoms with Crippen LogP contribution in [0.4, 0.5) is 4.39 Å². The average molecular weight is 330 g/mol. The Balaban J connectivity index is 1.49. The van der Waals surface area contributed by atoms with E-state index in [4.69, 9.17) is 14.2 Å². The fourth-order valence-electron chi connectivity index (χ4n) is 2.43. The number of aryl methyl sites for hydroxylation is 1. The summed E-state index contributed by atoms with van der Waals surface area (Å²) < 4.78 is 29.2. The van der Waals surface area contributed by atoms with E-state index in [1.807, 2.05) is 18.2 Å². The van der Waals surface area contributed by atoms with Crippen LogP contribution in [0.5, 0.6) is 11.5 Å². The van der Waals surface area contributed by atoms with Crippen LogP contribution in [0.15, 0.2) is 42.5 Å². The monoisotopic (exact) mass is 330 g/mol. The minimum atomic E-state index is -0.306. The molecule has 0 aromatic heterocycles. The molecule has 5 heteroatoms. The van der Waals surface area contributed by atoms with Crippen molar-refractivity contribution in [3.05, 3.63) is 59.4 Å². The zero-order valence-corrected chi connectivity index (χ0v) is 13.3. The summed E-state index contributed by atoms with van der Waals surface area (Å²) in [4.78, 5) is 11.8. The Morgan fingerprint density at radius 2 is 1.71 bits per heavy atom. The highest BCUT2D eigenvalue weighted by Crippen LogP contribution is 2.30. The number of hydrogen-bond donors (Lipinski definition) is 0. The topological polar surface area (TPSA) is 44.8 Å². The van der Waals surface area contributed by atoms with Crippen LogP contribution in [-0.4, -0.2) is 19.2 Å². The van der Waals surface area contributed by atoms with E-state index in [9.17, 15) is 9.18 Å². The summed E-state index contributed by atoms with van der Waals surface area (Å²) in [5.41, 5.74) is 1.76. The molecule has 2 aromatic rings. The Morgan fingerprint density at radius 3 is 2.50 bits per heavy atom. The molecule has 126 valence electrons. The molecule has 24 heavy (non-hydrogen) atoms. The molecule has 0 aliphatic carbocycles. The number of rotatable bonds is 5. The molecule has 0 fully saturated rings. The van der Waals surface area contributed by atoms with E-state index in [2.05, 4.69) is 0 Å². The van der Waals surface area contributed by atoms with E-state index in [0.717, 1.165) is 29.0 Å². The summed E-state index contributed by atoms with van der Waals surface area (Å²) in [6, 6.07) is 11.6. The molecule has 1 aliphatic heterocycles. The maximum absolute atomic E-state index is 12.8. The lowest BCUT2D eigenvalue weighted by Crippen LogP contribution is -2.06. The van der Waals surface area contributed by atoms with Gasteiger partial charge in [-0.25, -0.2) is 4.39 Å². The maximum atomic E-state index is 12.8. The number of esters is 1. The van der Waals surface area contributed by atoms with E-state index < -0.39 is 0 Å². The van der Waals surface area contributed by atoms with Crippen molar-refractivity contribution in [2.75, 3.05) is 13.2 Å². The van der Waals surface area contributed by atoms with Crippen LogP contribution in [-0.2, 0) is 22.6 Å². The van der Waals surface area contributed by atoms with Crippen molar-refractivity contribution in [3.8, 4) is 11.5 Å². The molecule has 0 saturated carbocycles. The number of carbonyl (C=O) groups excluding carboxylic acids is 1. The first kappa shape index (κ1) is 16.3. The van der Waals surface area contributed by atoms with Crippen LogP contribution in [0.2, 0.25) is 0 Å². The third kappa shape index (κ3) is 4.47. The highest BCUT2D eigenvalue weighted by atomic mass is 19.1. The van der Waals surface area contributed by atoms with Gasteiger partial charge in [-0.15, -0.1) is 0 Å². The van der Waals surface area contributed by atoms with Gasteiger partial charge in [-0.1, -0.05) is 18.2 Å². The summed E-state index contributed by atoms with van der Waals surface area (Å²) in [7, 11) is 0. The highest BCUT2D eigenvalue weighted by molar-refractivity contribution is 5.69. The second-order valence-electron chi connectivity index (χ2n) is 5.62. The van der Waals surface area contributed by atoms with Crippen LogP contribution in [0.25, 0.3) is 0 Å². The molecule has 0 amide bonds. The SMILES string of the molecule is O=C(CCc1ccc2c(c1)OCCCO2)OCc1ccc(F)cc1. The van der Waals surface area contributed by atoms with Crippen molar-refractivity contribution >= 4 is 5.97 Å². The summed E-state index contributed by atoms with van der Waals surface area (Å²) in [5.74, 6) is 0.880. The van der Waals surface area contributed by atoms with Crippen LogP contribution >= 0.6 is 0 Å². The van der Waals surface area contributed by atoms with Gasteiger partial charge in [0.15, 0.2) is 11.5 Å². The van der Waals surface area contributed by atoms with Crippen molar-refractivity contribution < 1.29 is 23.4 Å². The predicted octanol–water partition coefficient (Wildman–Crippen LogP) is 3.66. The van der Waals surface area contributed by atoms with Crippen LogP contribution in [0.3, 0.4) is 0 Å². The van der Waals surface area contributed by atoms with E-state index in [-0.39, 0.29) is 24.8 Å². The Kier molecular flexibility index (Phi) is 5.31. The second kappa shape index (κ2) is 7.81. The van der Waals surface area contributed by atoms with Gasteiger partial charge in [-0.05, 0) is 41.8 Å². The lowest BCUT2D eigenvalue weighted by molar-refractivity contribution is -0.144. The van der Waals surface area contributed by atoms with Crippen molar-refractivity contribution in [2.45, 2.75) is 25.9 Å². The Bertz CT molecular complexity index is 697. The first-order valence-corrected chi connectivity index (χ1v) is 7.99. The summed E-state index contributed by atoms with van der Waals surface area (Å²) in [6.45, 7) is 1.44. The molecule has 0 radical (unpaired) electrons. The zero-order chi connectivity index (χ0) is 16.8. The number of fused-ring (bicyclic) bond motifs is 1. The number of benzene rings is 2. The first-order valence-electron chi connectivity index (χ1n) is 7.99. The smallest absolute Gasteiger partial charge is 0.306 e. The molecule has 0 N–H and O–H groups in total. The van der Waals surface area contributed by atoms with Crippen molar-refractivity contribution in [1.29, 1.82) is 0 Å². The maximum Gasteiger partial charge on any atom is 0.306 e. The van der Waals surface area contributed by atoms with E-state index in [0.29, 0.717) is 19.6 Å². The van der Waals surface area contributed by atoms with Gasteiger partial charge in [0, 0.05) is 12.8 Å². The van der Waals surface area contributed by atoms with Gasteiger partial charge >= 0.3 is 5.97 Å². The van der Waals surface area contributed by atoms with Crippen LogP contribution < -0.4 is 9.47 Å². The Morgan fingerprint density at radius 1 is 1.00 bits per heavy atom. The molecule has 0 saturated heterocycles. The quantitative estimate of drug-likeness (QED) is 0.785. The lowest BCUT2D eigenvalue weighted by Gasteiger charge is -2.09. The molecule has 4 nitrogen and oxygen atoms in total. The number of halogens is 1. The van der Waals surface area contributed by atoms with Gasteiger partial charge in [-0.3, -0.25) is 4.79 Å². The third-order valence-electron chi connectivity index (χ3n) is 3.74. The Hall–Kier alpha value is -2.56. The van der Waals surface area contributed by atoms with Crippen molar-refractivity contribution in [2.24, 2.45) is 0 Å². The van der Waals surface area contributed by atoms with E-state index >= 15 is 0 Å². The molecule has 0 spiro atoms. The van der Waals surface area contributed by atoms with Gasteiger partial charge in [0.1, 0.15) is 12.4 Å². The molecular formula is C19H19FO4. The number of hydrogen-bond acceptors (Lipinski definition) is 4. The highest BCUT2D eigenvalue weighted by Gasteiger charge is 2.11. The van der Waals surface area contributed by atoms with Crippen LogP contribution in [0.1, 0.15) is 24.0 Å². The predicted molar refractivity (Wildman–Crippen MR) is 86.6 cm³/mol. The van der Waals surface area contributed by atoms with Gasteiger partial charge in [0.25, 0.3) is 0 Å². The largest absolute Gasteiger partial charge is 0.490 e. The molecule has 0 atom stereocenters. The molecule has 2 aromatic carbocycles. The lowest BCUT2D eigenvalue weighted by atomic mass is 10.1. The average Bonchev–Trinajstić information content (AvgIpc) is 2.84. The molecule has 1 aliphatic rings. The van der Waals surface area contributed by atoms with E-state index in [1.54, 1.807) is 12.1 Å². The van der Waals surface area contributed by atoms with Crippen molar-refractivity contribution in [3.63, 3.8) is 0 Å². The number of carbonyl (C=O) groups is 1. The normalized spacial score (nSPS) is 13.2. The van der Waals surface area contributed by atoms with Gasteiger partial charge in [0.2, 0.25) is 0 Å². The summed E-state index contributed by atoms with van der Waals surface area (Å²) >= 11 is 0. The molecule has 0 bridgehead atoms. The zero-order valence-electron chi connectivity index (χ0n) is 13.3. The second-order valence-corrected chi connectivity index (χ2v) is 5.62. The van der Waals surface area contributed by atoms with Crippen molar-refractivity contribution in [1.82, 2.24) is 0 Å². The summed E-state index contributed by atoms with van der Waals surface area (Å²) in [6.07, 6.45) is 1.71.